The summed E-state index contributed by atoms with van der Waals surface area (Å²) in [5, 5.41) is 13.3. The highest BCUT2D eigenvalue weighted by Crippen LogP contribution is 2.14. The third-order valence-corrected chi connectivity index (χ3v) is 5.37. The minimum Gasteiger partial charge on any atom is -0.336 e. The lowest BCUT2D eigenvalue weighted by Crippen LogP contribution is -2.48. The standard InChI is InChI=1S/C23H24N6O/c1-17-13-18(2)29(26-17)22-8-7-21(15-25-22)23(30)28-11-9-27(10-12-28)16-20-5-3-19(14-24)4-6-20/h3-8,13,15H,9-12,16H2,1-2H3. The number of rotatable bonds is 4. The quantitative estimate of drug-likeness (QED) is 0.673. The summed E-state index contributed by atoms with van der Waals surface area (Å²) < 4.78 is 1.78. The molecule has 0 bridgehead atoms. The van der Waals surface area contributed by atoms with Crippen LogP contribution in [0, 0.1) is 25.2 Å². The van der Waals surface area contributed by atoms with Crippen molar-refractivity contribution in [3.63, 3.8) is 0 Å². The largest absolute Gasteiger partial charge is 0.336 e. The zero-order valence-corrected chi connectivity index (χ0v) is 17.2. The van der Waals surface area contributed by atoms with Crippen LogP contribution in [0.2, 0.25) is 0 Å². The van der Waals surface area contributed by atoms with E-state index in [1.165, 1.54) is 5.56 Å². The van der Waals surface area contributed by atoms with Crippen molar-refractivity contribution >= 4 is 5.91 Å². The third-order valence-electron chi connectivity index (χ3n) is 5.37. The fraction of sp³-hybridized carbons (Fsp3) is 0.304. The van der Waals surface area contributed by atoms with Gasteiger partial charge in [-0.15, -0.1) is 0 Å². The predicted octanol–water partition coefficient (Wildman–Crippen LogP) is 2.71. The van der Waals surface area contributed by atoms with Gasteiger partial charge < -0.3 is 4.90 Å². The van der Waals surface area contributed by atoms with Gasteiger partial charge in [0.25, 0.3) is 5.91 Å². The molecule has 1 saturated heterocycles. The molecular formula is C23H24N6O. The average Bonchev–Trinajstić information content (AvgIpc) is 3.12. The Morgan fingerprint density at radius 2 is 1.80 bits per heavy atom. The monoisotopic (exact) mass is 400 g/mol. The lowest BCUT2D eigenvalue weighted by Gasteiger charge is -2.34. The second kappa shape index (κ2) is 8.47. The van der Waals surface area contributed by atoms with E-state index in [1.807, 2.05) is 61.2 Å². The van der Waals surface area contributed by atoms with Crippen molar-refractivity contribution in [1.29, 1.82) is 5.26 Å². The topological polar surface area (TPSA) is 78.0 Å². The molecule has 3 aromatic rings. The molecule has 4 rings (SSSR count). The van der Waals surface area contributed by atoms with Crippen LogP contribution in [-0.2, 0) is 6.54 Å². The zero-order valence-electron chi connectivity index (χ0n) is 17.2. The molecule has 152 valence electrons. The number of aryl methyl sites for hydroxylation is 2. The molecule has 30 heavy (non-hydrogen) atoms. The summed E-state index contributed by atoms with van der Waals surface area (Å²) in [6, 6.07) is 15.5. The lowest BCUT2D eigenvalue weighted by atomic mass is 10.1. The maximum absolute atomic E-state index is 12.9. The molecule has 1 aliphatic heterocycles. The number of pyridine rings is 1. The SMILES string of the molecule is Cc1cc(C)n(-c2ccc(C(=O)N3CCN(Cc4ccc(C#N)cc4)CC3)cn2)n1. The van der Waals surface area contributed by atoms with Crippen LogP contribution in [0.4, 0.5) is 0 Å². The van der Waals surface area contributed by atoms with Crippen molar-refractivity contribution in [2.45, 2.75) is 20.4 Å². The van der Waals surface area contributed by atoms with Gasteiger partial charge in [0.1, 0.15) is 0 Å². The van der Waals surface area contributed by atoms with Gasteiger partial charge in [-0.1, -0.05) is 12.1 Å². The molecule has 7 nitrogen and oxygen atoms in total. The Bertz CT molecular complexity index is 1070. The van der Waals surface area contributed by atoms with Crippen LogP contribution in [0.5, 0.6) is 0 Å². The van der Waals surface area contributed by atoms with Gasteiger partial charge >= 0.3 is 0 Å². The van der Waals surface area contributed by atoms with E-state index in [4.69, 9.17) is 5.26 Å². The summed E-state index contributed by atoms with van der Waals surface area (Å²) in [5.41, 5.74) is 4.40. The van der Waals surface area contributed by atoms with Crippen molar-refractivity contribution in [3.05, 3.63) is 76.7 Å². The van der Waals surface area contributed by atoms with Gasteiger partial charge in [0.15, 0.2) is 5.82 Å². The van der Waals surface area contributed by atoms with Crippen molar-refractivity contribution in [2.24, 2.45) is 0 Å². The molecule has 0 saturated carbocycles. The maximum atomic E-state index is 12.9. The van der Waals surface area contributed by atoms with Crippen molar-refractivity contribution in [3.8, 4) is 11.9 Å². The van der Waals surface area contributed by atoms with E-state index in [9.17, 15) is 4.79 Å². The Morgan fingerprint density at radius 1 is 1.07 bits per heavy atom. The molecular weight excluding hydrogens is 376 g/mol. The van der Waals surface area contributed by atoms with Crippen LogP contribution >= 0.6 is 0 Å². The highest BCUT2D eigenvalue weighted by Gasteiger charge is 2.22. The van der Waals surface area contributed by atoms with Gasteiger partial charge in [-0.2, -0.15) is 10.4 Å². The second-order valence-corrected chi connectivity index (χ2v) is 7.62. The lowest BCUT2D eigenvalue weighted by molar-refractivity contribution is 0.0628. The Labute approximate surface area is 176 Å². The second-order valence-electron chi connectivity index (χ2n) is 7.62. The van der Waals surface area contributed by atoms with E-state index in [-0.39, 0.29) is 5.91 Å². The third kappa shape index (κ3) is 4.24. The Morgan fingerprint density at radius 3 is 2.37 bits per heavy atom. The van der Waals surface area contributed by atoms with Crippen LogP contribution in [-0.4, -0.2) is 56.7 Å². The van der Waals surface area contributed by atoms with Crippen LogP contribution in [0.1, 0.15) is 32.9 Å². The van der Waals surface area contributed by atoms with Crippen LogP contribution in [0.15, 0.2) is 48.7 Å². The number of piperazine rings is 1. The molecule has 0 spiro atoms. The summed E-state index contributed by atoms with van der Waals surface area (Å²) in [6.45, 7) is 7.78. The molecule has 0 unspecified atom stereocenters. The molecule has 7 heteroatoms. The normalized spacial score (nSPS) is 14.5. The first kappa shape index (κ1) is 19.8. The predicted molar refractivity (Wildman–Crippen MR) is 113 cm³/mol. The fourth-order valence-electron chi connectivity index (χ4n) is 3.73. The minimum absolute atomic E-state index is 0.0143. The molecule has 1 aliphatic rings. The molecule has 2 aromatic heterocycles. The molecule has 3 heterocycles. The Balaban J connectivity index is 1.34. The van der Waals surface area contributed by atoms with E-state index in [2.05, 4.69) is 21.1 Å². The zero-order chi connectivity index (χ0) is 21.1. The first-order chi connectivity index (χ1) is 14.5. The van der Waals surface area contributed by atoms with Crippen molar-refractivity contribution < 1.29 is 4.79 Å². The number of nitrogens with zero attached hydrogens (tertiary/aromatic N) is 6. The van der Waals surface area contributed by atoms with E-state index in [0.717, 1.165) is 31.0 Å². The minimum atomic E-state index is 0.0143. The number of nitriles is 1. The number of amides is 1. The number of hydrogen-bond donors (Lipinski definition) is 0. The number of carbonyl (C=O) groups excluding carboxylic acids is 1. The molecule has 0 aliphatic carbocycles. The van der Waals surface area contributed by atoms with Crippen LogP contribution in [0.3, 0.4) is 0 Å². The number of benzene rings is 1. The summed E-state index contributed by atoms with van der Waals surface area (Å²) in [6.07, 6.45) is 1.64. The van der Waals surface area contributed by atoms with E-state index >= 15 is 0 Å². The average molecular weight is 400 g/mol. The Hall–Kier alpha value is -3.50. The van der Waals surface area contributed by atoms with Crippen LogP contribution < -0.4 is 0 Å². The molecule has 0 radical (unpaired) electrons. The van der Waals surface area contributed by atoms with Crippen LogP contribution in [0.25, 0.3) is 5.82 Å². The number of aromatic nitrogens is 3. The summed E-state index contributed by atoms with van der Waals surface area (Å²) in [5.74, 6) is 0.727. The number of hydrogen-bond acceptors (Lipinski definition) is 5. The number of carbonyl (C=O) groups is 1. The summed E-state index contributed by atoms with van der Waals surface area (Å²) >= 11 is 0. The molecule has 0 N–H and O–H groups in total. The summed E-state index contributed by atoms with van der Waals surface area (Å²) in [7, 11) is 0. The van der Waals surface area contributed by atoms with Crippen molar-refractivity contribution in [1.82, 2.24) is 24.6 Å². The van der Waals surface area contributed by atoms with Gasteiger partial charge in [-0.05, 0) is 49.7 Å². The first-order valence-electron chi connectivity index (χ1n) is 10.0. The van der Waals surface area contributed by atoms with Gasteiger partial charge in [-0.25, -0.2) is 9.67 Å². The Kier molecular flexibility index (Phi) is 5.59. The molecule has 0 atom stereocenters. The van der Waals surface area contributed by atoms with Gasteiger partial charge in [0, 0.05) is 44.6 Å². The van der Waals surface area contributed by atoms with Gasteiger partial charge in [0.2, 0.25) is 0 Å². The molecule has 1 fully saturated rings. The maximum Gasteiger partial charge on any atom is 0.255 e. The van der Waals surface area contributed by atoms with E-state index < -0.39 is 0 Å². The van der Waals surface area contributed by atoms with Gasteiger partial charge in [-0.3, -0.25) is 9.69 Å². The smallest absolute Gasteiger partial charge is 0.255 e. The van der Waals surface area contributed by atoms with E-state index in [0.29, 0.717) is 30.0 Å². The highest BCUT2D eigenvalue weighted by atomic mass is 16.2. The fourth-order valence-corrected chi connectivity index (χ4v) is 3.73. The summed E-state index contributed by atoms with van der Waals surface area (Å²) in [4.78, 5) is 21.5. The highest BCUT2D eigenvalue weighted by molar-refractivity contribution is 5.94. The van der Waals surface area contributed by atoms with E-state index in [1.54, 1.807) is 10.9 Å². The molecule has 1 aromatic carbocycles. The van der Waals surface area contributed by atoms with Gasteiger partial charge in [0.05, 0.1) is 22.9 Å². The first-order valence-corrected chi connectivity index (χ1v) is 10.0. The van der Waals surface area contributed by atoms with Crippen molar-refractivity contribution in [2.75, 3.05) is 26.2 Å². The molecule has 1 amide bonds.